The first-order chi connectivity index (χ1) is 12.1. The Bertz CT molecular complexity index is 896. The number of piperidine rings is 1. The predicted molar refractivity (Wildman–Crippen MR) is 93.8 cm³/mol. The Balaban J connectivity index is 1.69. The van der Waals surface area contributed by atoms with E-state index in [4.69, 9.17) is 5.73 Å². The molecule has 2 aromatic carbocycles. The van der Waals surface area contributed by atoms with Crippen LogP contribution in [-0.4, -0.2) is 22.9 Å². The maximum Gasteiger partial charge on any atom is 0.148 e. The van der Waals surface area contributed by atoms with Crippen molar-refractivity contribution in [3.05, 3.63) is 59.5 Å². The fraction of sp³-hybridized carbons (Fsp3) is 0.316. The van der Waals surface area contributed by atoms with Crippen molar-refractivity contribution in [1.29, 1.82) is 0 Å². The third-order valence-electron chi connectivity index (χ3n) is 4.85. The molecule has 1 atom stereocenters. The highest BCUT2D eigenvalue weighted by Crippen LogP contribution is 2.33. The van der Waals surface area contributed by atoms with Crippen molar-refractivity contribution in [3.63, 3.8) is 0 Å². The first kappa shape index (κ1) is 16.2. The highest BCUT2D eigenvalue weighted by atomic mass is 19.1. The minimum atomic E-state index is -1.32. The topological polar surface area (TPSA) is 55.9 Å². The van der Waals surface area contributed by atoms with Crippen molar-refractivity contribution in [2.45, 2.75) is 25.1 Å². The van der Waals surface area contributed by atoms with Crippen LogP contribution >= 0.6 is 0 Å². The van der Waals surface area contributed by atoms with E-state index in [1.54, 1.807) is 23.0 Å². The summed E-state index contributed by atoms with van der Waals surface area (Å²) in [6.45, 7) is 1.43. The van der Waals surface area contributed by atoms with Gasteiger partial charge in [0.2, 0.25) is 0 Å². The fourth-order valence-electron chi connectivity index (χ4n) is 3.48. The second kappa shape index (κ2) is 6.20. The van der Waals surface area contributed by atoms with Crippen molar-refractivity contribution in [2.24, 2.45) is 5.73 Å². The van der Waals surface area contributed by atoms with E-state index in [-0.39, 0.29) is 12.4 Å². The first-order valence-corrected chi connectivity index (χ1v) is 8.47. The highest BCUT2D eigenvalue weighted by molar-refractivity contribution is 5.82. The molecule has 4 rings (SSSR count). The summed E-state index contributed by atoms with van der Waals surface area (Å²) in [4.78, 5) is 0. The van der Waals surface area contributed by atoms with E-state index in [9.17, 15) is 4.39 Å². The summed E-state index contributed by atoms with van der Waals surface area (Å²) >= 11 is 0. The summed E-state index contributed by atoms with van der Waals surface area (Å²) in [6.07, 6.45) is 3.13. The normalized spacial score (nSPS) is 20.9. The fourth-order valence-corrected chi connectivity index (χ4v) is 3.48. The Morgan fingerprint density at radius 2 is 2.04 bits per heavy atom. The van der Waals surface area contributed by atoms with Crippen molar-refractivity contribution in [2.75, 3.05) is 13.1 Å². The van der Waals surface area contributed by atoms with Gasteiger partial charge in [0.1, 0.15) is 11.5 Å². The van der Waals surface area contributed by atoms with Crippen molar-refractivity contribution in [3.8, 4) is 5.69 Å². The molecule has 3 N–H and O–H groups in total. The van der Waals surface area contributed by atoms with E-state index in [2.05, 4.69) is 10.4 Å². The number of aromatic nitrogens is 2. The van der Waals surface area contributed by atoms with Gasteiger partial charge >= 0.3 is 0 Å². The minimum Gasteiger partial charge on any atom is -0.326 e. The summed E-state index contributed by atoms with van der Waals surface area (Å²) in [5, 5.41) is 8.33. The molecule has 0 bridgehead atoms. The maximum atomic E-state index is 15.0. The first-order valence-electron chi connectivity index (χ1n) is 8.47. The summed E-state index contributed by atoms with van der Waals surface area (Å²) in [6, 6.07) is 10.1. The Morgan fingerprint density at radius 3 is 2.72 bits per heavy atom. The standard InChI is InChI=1S/C19H20F2N4/c20-16-8-13(10-22)18-14(9-16)11-25(24-18)17-4-2-15(3-5-17)19(21)6-1-7-23-12-19/h2-5,8-9,11,23H,1,6-7,10,12,22H2. The van der Waals surface area contributed by atoms with E-state index in [1.165, 1.54) is 12.1 Å². The van der Waals surface area contributed by atoms with Crippen LogP contribution in [0, 0.1) is 5.82 Å². The van der Waals surface area contributed by atoms with Crippen LogP contribution in [0.5, 0.6) is 0 Å². The number of halogens is 2. The number of hydrogen-bond acceptors (Lipinski definition) is 3. The van der Waals surface area contributed by atoms with Gasteiger partial charge in [-0.3, -0.25) is 0 Å². The molecule has 1 aliphatic rings. The Morgan fingerprint density at radius 1 is 1.24 bits per heavy atom. The van der Waals surface area contributed by atoms with Gasteiger partial charge in [-0.05, 0) is 54.8 Å². The highest BCUT2D eigenvalue weighted by Gasteiger charge is 2.33. The minimum absolute atomic E-state index is 0.224. The van der Waals surface area contributed by atoms with Crippen LogP contribution in [0.1, 0.15) is 24.0 Å². The van der Waals surface area contributed by atoms with Gasteiger partial charge < -0.3 is 11.1 Å². The lowest BCUT2D eigenvalue weighted by Gasteiger charge is -2.30. The van der Waals surface area contributed by atoms with E-state index in [0.29, 0.717) is 35.0 Å². The lowest BCUT2D eigenvalue weighted by molar-refractivity contribution is 0.122. The van der Waals surface area contributed by atoms with Gasteiger partial charge in [-0.1, -0.05) is 12.1 Å². The molecular weight excluding hydrogens is 322 g/mol. The van der Waals surface area contributed by atoms with E-state index in [0.717, 1.165) is 18.7 Å². The summed E-state index contributed by atoms with van der Waals surface area (Å²) in [7, 11) is 0. The van der Waals surface area contributed by atoms with Crippen LogP contribution in [0.25, 0.3) is 16.6 Å². The molecule has 2 heterocycles. The molecular formula is C19H20F2N4. The van der Waals surface area contributed by atoms with Crippen LogP contribution in [0.3, 0.4) is 0 Å². The second-order valence-electron chi connectivity index (χ2n) is 6.57. The second-order valence-corrected chi connectivity index (χ2v) is 6.57. The quantitative estimate of drug-likeness (QED) is 0.769. The van der Waals surface area contributed by atoms with Crippen LogP contribution in [-0.2, 0) is 12.2 Å². The largest absolute Gasteiger partial charge is 0.326 e. The number of hydrogen-bond donors (Lipinski definition) is 2. The molecule has 1 unspecified atom stereocenters. The SMILES string of the molecule is NCc1cc(F)cc2cn(-c3ccc(C4(F)CCCNC4)cc3)nc12. The number of rotatable bonds is 3. The van der Waals surface area contributed by atoms with Crippen molar-refractivity contribution >= 4 is 10.9 Å². The Hall–Kier alpha value is -2.31. The number of nitrogens with zero attached hydrogens (tertiary/aromatic N) is 2. The number of alkyl halides is 1. The lowest BCUT2D eigenvalue weighted by atomic mass is 9.88. The molecule has 130 valence electrons. The summed E-state index contributed by atoms with van der Waals surface area (Å²) < 4.78 is 30.3. The zero-order valence-corrected chi connectivity index (χ0v) is 13.8. The zero-order valence-electron chi connectivity index (χ0n) is 13.8. The van der Waals surface area contributed by atoms with Gasteiger partial charge in [-0.2, -0.15) is 5.10 Å². The molecule has 0 amide bonds. The van der Waals surface area contributed by atoms with Gasteiger partial charge in [0.05, 0.1) is 11.2 Å². The van der Waals surface area contributed by atoms with Gasteiger partial charge in [0.15, 0.2) is 0 Å². The monoisotopic (exact) mass is 342 g/mol. The maximum absolute atomic E-state index is 15.0. The van der Waals surface area contributed by atoms with Crippen molar-refractivity contribution in [1.82, 2.24) is 15.1 Å². The smallest absolute Gasteiger partial charge is 0.148 e. The third-order valence-corrected chi connectivity index (χ3v) is 4.85. The molecule has 1 aromatic heterocycles. The lowest BCUT2D eigenvalue weighted by Crippen LogP contribution is -2.40. The number of nitrogens with two attached hydrogens (primary N) is 1. The molecule has 0 aliphatic carbocycles. The van der Waals surface area contributed by atoms with Crippen LogP contribution in [0.15, 0.2) is 42.6 Å². The molecule has 4 nitrogen and oxygen atoms in total. The average Bonchev–Trinajstić information content (AvgIpc) is 3.05. The van der Waals surface area contributed by atoms with E-state index >= 15 is 4.39 Å². The average molecular weight is 342 g/mol. The molecule has 25 heavy (non-hydrogen) atoms. The Kier molecular flexibility index (Phi) is 4.01. The molecule has 6 heteroatoms. The van der Waals surface area contributed by atoms with Crippen LogP contribution in [0.4, 0.5) is 8.78 Å². The molecule has 0 radical (unpaired) electrons. The number of fused-ring (bicyclic) bond motifs is 1. The van der Waals surface area contributed by atoms with Gasteiger partial charge in [0, 0.05) is 24.7 Å². The van der Waals surface area contributed by atoms with Crippen molar-refractivity contribution < 1.29 is 8.78 Å². The van der Waals surface area contributed by atoms with E-state index in [1.807, 2.05) is 12.1 Å². The van der Waals surface area contributed by atoms with Gasteiger partial charge in [-0.25, -0.2) is 13.5 Å². The molecule has 0 saturated carbocycles. The molecule has 1 aliphatic heterocycles. The summed E-state index contributed by atoms with van der Waals surface area (Å²) in [5.41, 5.74) is 7.20. The molecule has 3 aromatic rings. The predicted octanol–water partition coefficient (Wildman–Crippen LogP) is 3.17. The number of benzene rings is 2. The summed E-state index contributed by atoms with van der Waals surface area (Å²) in [5.74, 6) is -0.327. The Labute approximate surface area is 144 Å². The third kappa shape index (κ3) is 2.92. The zero-order chi connectivity index (χ0) is 17.4. The number of nitrogens with one attached hydrogen (secondary N) is 1. The molecule has 1 saturated heterocycles. The van der Waals surface area contributed by atoms with E-state index < -0.39 is 5.67 Å². The van der Waals surface area contributed by atoms with Crippen LogP contribution < -0.4 is 11.1 Å². The molecule has 1 fully saturated rings. The van der Waals surface area contributed by atoms with Gasteiger partial charge in [-0.15, -0.1) is 0 Å². The van der Waals surface area contributed by atoms with Crippen LogP contribution in [0.2, 0.25) is 0 Å². The van der Waals surface area contributed by atoms with Gasteiger partial charge in [0.25, 0.3) is 0 Å². The molecule has 0 spiro atoms.